The minimum Gasteiger partial charge on any atom is -0.497 e. The monoisotopic (exact) mass is 243 g/mol. The number of benzene rings is 1. The van der Waals surface area contributed by atoms with Gasteiger partial charge >= 0.3 is 0 Å². The summed E-state index contributed by atoms with van der Waals surface area (Å²) in [5, 5.41) is 3.57. The summed E-state index contributed by atoms with van der Waals surface area (Å²) >= 11 is 0. The van der Waals surface area contributed by atoms with E-state index < -0.39 is 0 Å². The van der Waals surface area contributed by atoms with Crippen LogP contribution in [0.15, 0.2) is 30.6 Å². The molecule has 0 aliphatic carbocycles. The SMILES string of the molecule is COc1cccc(C2(C)NCCc3[nH]cnc32)c1. The van der Waals surface area contributed by atoms with E-state index in [-0.39, 0.29) is 5.54 Å². The second kappa shape index (κ2) is 4.14. The zero-order valence-corrected chi connectivity index (χ0v) is 10.7. The van der Waals surface area contributed by atoms with E-state index in [1.165, 1.54) is 11.3 Å². The summed E-state index contributed by atoms with van der Waals surface area (Å²) in [6.45, 7) is 3.11. The lowest BCUT2D eigenvalue weighted by atomic mass is 9.84. The van der Waals surface area contributed by atoms with Gasteiger partial charge in [0.05, 0.1) is 24.7 Å². The summed E-state index contributed by atoms with van der Waals surface area (Å²) in [6.07, 6.45) is 2.77. The lowest BCUT2D eigenvalue weighted by Crippen LogP contribution is -2.46. The average molecular weight is 243 g/mol. The number of imidazole rings is 1. The Labute approximate surface area is 106 Å². The van der Waals surface area contributed by atoms with Crippen LogP contribution in [0.5, 0.6) is 5.75 Å². The highest BCUT2D eigenvalue weighted by Crippen LogP contribution is 2.33. The molecule has 1 aromatic carbocycles. The first-order chi connectivity index (χ1) is 8.74. The second-order valence-electron chi connectivity index (χ2n) is 4.76. The van der Waals surface area contributed by atoms with E-state index in [1.54, 1.807) is 13.4 Å². The van der Waals surface area contributed by atoms with E-state index >= 15 is 0 Å². The molecule has 4 nitrogen and oxygen atoms in total. The molecule has 1 aromatic heterocycles. The Morgan fingerprint density at radius 1 is 1.39 bits per heavy atom. The highest BCUT2D eigenvalue weighted by Gasteiger charge is 2.35. The molecular weight excluding hydrogens is 226 g/mol. The van der Waals surface area contributed by atoms with Crippen molar-refractivity contribution in [3.63, 3.8) is 0 Å². The van der Waals surface area contributed by atoms with Gasteiger partial charge in [-0.3, -0.25) is 0 Å². The normalized spacial score (nSPS) is 22.6. The van der Waals surface area contributed by atoms with Crippen molar-refractivity contribution in [2.24, 2.45) is 0 Å². The van der Waals surface area contributed by atoms with Crippen LogP contribution in [0, 0.1) is 0 Å². The van der Waals surface area contributed by atoms with Gasteiger partial charge in [0.25, 0.3) is 0 Å². The standard InChI is InChI=1S/C14H17N3O/c1-14(10-4-3-5-11(8-10)18-2)13-12(6-7-17-14)15-9-16-13/h3-5,8-9,17H,6-7H2,1-2H3,(H,15,16). The minimum absolute atomic E-state index is 0.248. The molecule has 0 saturated heterocycles. The van der Waals surface area contributed by atoms with E-state index in [0.29, 0.717) is 0 Å². The fraction of sp³-hybridized carbons (Fsp3) is 0.357. The van der Waals surface area contributed by atoms with Gasteiger partial charge < -0.3 is 15.0 Å². The Kier molecular flexibility index (Phi) is 2.59. The number of nitrogens with zero attached hydrogens (tertiary/aromatic N) is 1. The molecule has 0 spiro atoms. The van der Waals surface area contributed by atoms with Gasteiger partial charge in [-0.15, -0.1) is 0 Å². The van der Waals surface area contributed by atoms with Crippen LogP contribution in [0.4, 0.5) is 0 Å². The first kappa shape index (κ1) is 11.3. The summed E-state index contributed by atoms with van der Waals surface area (Å²) in [5.41, 5.74) is 3.23. The molecule has 1 atom stereocenters. The van der Waals surface area contributed by atoms with Crippen molar-refractivity contribution in [1.82, 2.24) is 15.3 Å². The first-order valence-corrected chi connectivity index (χ1v) is 6.16. The lowest BCUT2D eigenvalue weighted by Gasteiger charge is -2.34. The zero-order valence-electron chi connectivity index (χ0n) is 10.7. The number of aromatic amines is 1. The van der Waals surface area contributed by atoms with Crippen molar-refractivity contribution in [1.29, 1.82) is 0 Å². The molecule has 2 heterocycles. The maximum atomic E-state index is 5.30. The number of H-pyrrole nitrogens is 1. The first-order valence-electron chi connectivity index (χ1n) is 6.16. The number of hydrogen-bond acceptors (Lipinski definition) is 3. The van der Waals surface area contributed by atoms with E-state index in [1.807, 2.05) is 12.1 Å². The van der Waals surface area contributed by atoms with Crippen LogP contribution < -0.4 is 10.1 Å². The fourth-order valence-electron chi connectivity index (χ4n) is 2.64. The van der Waals surface area contributed by atoms with Crippen molar-refractivity contribution < 1.29 is 4.74 Å². The average Bonchev–Trinajstić information content (AvgIpc) is 2.89. The molecule has 2 N–H and O–H groups in total. The summed E-state index contributed by atoms with van der Waals surface area (Å²) in [4.78, 5) is 7.71. The predicted molar refractivity (Wildman–Crippen MR) is 69.7 cm³/mol. The molecule has 1 aliphatic heterocycles. The lowest BCUT2D eigenvalue weighted by molar-refractivity contribution is 0.392. The van der Waals surface area contributed by atoms with Crippen LogP contribution in [0.2, 0.25) is 0 Å². The van der Waals surface area contributed by atoms with Gasteiger partial charge in [0, 0.05) is 18.7 Å². The Bertz CT molecular complexity index is 564. The predicted octanol–water partition coefficient (Wildman–Crippen LogP) is 1.83. The van der Waals surface area contributed by atoms with Crippen molar-refractivity contribution in [2.45, 2.75) is 18.9 Å². The van der Waals surface area contributed by atoms with Gasteiger partial charge in [0.15, 0.2) is 0 Å². The number of ether oxygens (including phenoxy) is 1. The number of aromatic nitrogens is 2. The molecule has 0 saturated carbocycles. The van der Waals surface area contributed by atoms with Crippen LogP contribution in [0.3, 0.4) is 0 Å². The Hall–Kier alpha value is -1.81. The van der Waals surface area contributed by atoms with Gasteiger partial charge in [-0.05, 0) is 24.6 Å². The van der Waals surface area contributed by atoms with Crippen LogP contribution >= 0.6 is 0 Å². The maximum absolute atomic E-state index is 5.30. The summed E-state index contributed by atoms with van der Waals surface area (Å²) in [6, 6.07) is 8.15. The molecular formula is C14H17N3O. The minimum atomic E-state index is -0.248. The molecule has 0 amide bonds. The molecule has 2 aromatic rings. The van der Waals surface area contributed by atoms with Crippen LogP contribution in [-0.4, -0.2) is 23.6 Å². The number of hydrogen-bond donors (Lipinski definition) is 2. The van der Waals surface area contributed by atoms with Crippen LogP contribution in [0.1, 0.15) is 23.9 Å². The smallest absolute Gasteiger partial charge is 0.119 e. The topological polar surface area (TPSA) is 49.9 Å². The molecule has 0 bridgehead atoms. The molecule has 3 rings (SSSR count). The van der Waals surface area contributed by atoms with Crippen molar-refractivity contribution >= 4 is 0 Å². The van der Waals surface area contributed by atoms with Crippen molar-refractivity contribution in [3.05, 3.63) is 47.5 Å². The number of fused-ring (bicyclic) bond motifs is 1. The van der Waals surface area contributed by atoms with Gasteiger partial charge in [-0.2, -0.15) is 0 Å². The third kappa shape index (κ3) is 1.61. The largest absolute Gasteiger partial charge is 0.497 e. The van der Waals surface area contributed by atoms with Gasteiger partial charge in [-0.1, -0.05) is 12.1 Å². The Morgan fingerprint density at radius 2 is 2.28 bits per heavy atom. The summed E-state index contributed by atoms with van der Waals surface area (Å²) in [5.74, 6) is 0.873. The van der Waals surface area contributed by atoms with E-state index in [0.717, 1.165) is 24.4 Å². The number of rotatable bonds is 2. The van der Waals surface area contributed by atoms with Crippen LogP contribution in [-0.2, 0) is 12.0 Å². The quantitative estimate of drug-likeness (QED) is 0.846. The van der Waals surface area contributed by atoms with Gasteiger partial charge in [0.2, 0.25) is 0 Å². The maximum Gasteiger partial charge on any atom is 0.119 e. The Morgan fingerprint density at radius 3 is 3.11 bits per heavy atom. The highest BCUT2D eigenvalue weighted by atomic mass is 16.5. The highest BCUT2D eigenvalue weighted by molar-refractivity contribution is 5.41. The van der Waals surface area contributed by atoms with E-state index in [2.05, 4.69) is 34.3 Å². The third-order valence-corrected chi connectivity index (χ3v) is 3.69. The fourth-order valence-corrected chi connectivity index (χ4v) is 2.64. The van der Waals surface area contributed by atoms with Crippen LogP contribution in [0.25, 0.3) is 0 Å². The number of methoxy groups -OCH3 is 1. The summed E-state index contributed by atoms with van der Waals surface area (Å²) < 4.78 is 5.30. The van der Waals surface area contributed by atoms with Gasteiger partial charge in [-0.25, -0.2) is 4.98 Å². The molecule has 0 radical (unpaired) electrons. The molecule has 0 fully saturated rings. The molecule has 94 valence electrons. The van der Waals surface area contributed by atoms with Crippen molar-refractivity contribution in [3.8, 4) is 5.75 Å². The molecule has 4 heteroatoms. The molecule has 1 unspecified atom stereocenters. The molecule has 1 aliphatic rings. The van der Waals surface area contributed by atoms with Gasteiger partial charge in [0.1, 0.15) is 5.75 Å². The summed E-state index contributed by atoms with van der Waals surface area (Å²) in [7, 11) is 1.69. The number of nitrogens with one attached hydrogen (secondary N) is 2. The molecule has 18 heavy (non-hydrogen) atoms. The van der Waals surface area contributed by atoms with Crippen molar-refractivity contribution in [2.75, 3.05) is 13.7 Å². The third-order valence-electron chi connectivity index (χ3n) is 3.69. The second-order valence-corrected chi connectivity index (χ2v) is 4.76. The zero-order chi connectivity index (χ0) is 12.6. The van der Waals surface area contributed by atoms with E-state index in [4.69, 9.17) is 4.74 Å². The van der Waals surface area contributed by atoms with E-state index in [9.17, 15) is 0 Å². The Balaban J connectivity index is 2.11.